The zero-order valence-electron chi connectivity index (χ0n) is 12.0. The number of nitrogens with zero attached hydrogens (tertiary/aromatic N) is 1. The van der Waals surface area contributed by atoms with Crippen LogP contribution in [0, 0.1) is 5.82 Å². The van der Waals surface area contributed by atoms with E-state index >= 15 is 0 Å². The fraction of sp³-hybridized carbons (Fsp3) is 0.429. The molecule has 0 saturated heterocycles. The van der Waals surface area contributed by atoms with Gasteiger partial charge in [-0.3, -0.25) is 9.59 Å². The molecule has 0 spiro atoms. The third kappa shape index (κ3) is 4.81. The second-order valence-corrected chi connectivity index (χ2v) is 6.02. The average Bonchev–Trinajstić information content (AvgIpc) is 2.28. The molecule has 20 heavy (non-hydrogen) atoms. The minimum absolute atomic E-state index is 0.149. The molecule has 1 N–H and O–H groups in total. The minimum Gasteiger partial charge on any atom is -0.350 e. The van der Waals surface area contributed by atoms with Crippen LogP contribution < -0.4 is 5.32 Å². The molecule has 0 saturated carbocycles. The Bertz CT molecular complexity index is 526. The summed E-state index contributed by atoms with van der Waals surface area (Å²) in [6.45, 7) is 5.36. The summed E-state index contributed by atoms with van der Waals surface area (Å²) in [4.78, 5) is 24.9. The Balaban J connectivity index is 2.77. The molecule has 0 aliphatic heterocycles. The molecule has 0 unspecified atom stereocenters. The molecule has 6 heteroatoms. The highest BCUT2D eigenvalue weighted by molar-refractivity contribution is 6.31. The van der Waals surface area contributed by atoms with Crippen molar-refractivity contribution < 1.29 is 14.0 Å². The van der Waals surface area contributed by atoms with Crippen LogP contribution in [0.4, 0.5) is 4.39 Å². The second-order valence-electron chi connectivity index (χ2n) is 5.58. The van der Waals surface area contributed by atoms with Crippen LogP contribution in [-0.4, -0.2) is 35.8 Å². The van der Waals surface area contributed by atoms with Crippen LogP contribution in [0.15, 0.2) is 18.2 Å². The maximum atomic E-state index is 13.6. The highest BCUT2D eigenvalue weighted by atomic mass is 35.5. The summed E-state index contributed by atoms with van der Waals surface area (Å²) in [6.07, 6.45) is 0. The molecule has 1 aromatic carbocycles. The zero-order chi connectivity index (χ0) is 15.5. The van der Waals surface area contributed by atoms with Gasteiger partial charge in [-0.05, 0) is 39.0 Å². The summed E-state index contributed by atoms with van der Waals surface area (Å²) in [5, 5.41) is 3.00. The minimum atomic E-state index is -0.664. The van der Waals surface area contributed by atoms with Crippen molar-refractivity contribution in [3.63, 3.8) is 0 Å². The maximum absolute atomic E-state index is 13.6. The van der Waals surface area contributed by atoms with E-state index in [1.807, 2.05) is 20.8 Å². The molecule has 0 fully saturated rings. The van der Waals surface area contributed by atoms with E-state index in [9.17, 15) is 14.0 Å². The van der Waals surface area contributed by atoms with E-state index in [1.165, 1.54) is 19.2 Å². The summed E-state index contributed by atoms with van der Waals surface area (Å²) in [6, 6.07) is 3.73. The Hall–Kier alpha value is -1.62. The maximum Gasteiger partial charge on any atom is 0.257 e. The number of likely N-dealkylation sites (N-methyl/N-ethyl adjacent to an activating group) is 1. The van der Waals surface area contributed by atoms with Crippen LogP contribution in [-0.2, 0) is 4.79 Å². The molecule has 110 valence electrons. The van der Waals surface area contributed by atoms with Crippen molar-refractivity contribution in [2.45, 2.75) is 26.3 Å². The summed E-state index contributed by atoms with van der Waals surface area (Å²) in [5.41, 5.74) is -0.536. The Labute approximate surface area is 122 Å². The van der Waals surface area contributed by atoms with Crippen LogP contribution in [0.5, 0.6) is 0 Å². The van der Waals surface area contributed by atoms with Gasteiger partial charge >= 0.3 is 0 Å². The molecule has 0 aliphatic carbocycles. The van der Waals surface area contributed by atoms with E-state index in [1.54, 1.807) is 0 Å². The number of carbonyl (C=O) groups is 2. The summed E-state index contributed by atoms with van der Waals surface area (Å²) in [7, 11) is 1.44. The molecule has 4 nitrogen and oxygen atoms in total. The average molecular weight is 301 g/mol. The fourth-order valence-corrected chi connectivity index (χ4v) is 1.78. The van der Waals surface area contributed by atoms with Gasteiger partial charge in [-0.2, -0.15) is 0 Å². The fourth-order valence-electron chi connectivity index (χ4n) is 1.61. The van der Waals surface area contributed by atoms with Crippen LogP contribution in [0.2, 0.25) is 5.02 Å². The molecular weight excluding hydrogens is 283 g/mol. The molecule has 0 radical (unpaired) electrons. The zero-order valence-corrected chi connectivity index (χ0v) is 12.7. The van der Waals surface area contributed by atoms with Crippen LogP contribution in [0.1, 0.15) is 31.1 Å². The standard InChI is InChI=1S/C14H18ClFN2O2/c1-14(2,3)17-12(19)8-18(4)13(20)10-7-9(15)5-6-11(10)16/h5-7H,8H2,1-4H3,(H,17,19). The van der Waals surface area contributed by atoms with Crippen LogP contribution in [0.3, 0.4) is 0 Å². The Morgan fingerprint density at radius 3 is 2.50 bits per heavy atom. The Kier molecular flexibility index (Phi) is 5.11. The van der Waals surface area contributed by atoms with E-state index in [4.69, 9.17) is 11.6 Å². The number of carbonyl (C=O) groups excluding carboxylic acids is 2. The van der Waals surface area contributed by atoms with Crippen molar-refractivity contribution in [3.05, 3.63) is 34.6 Å². The van der Waals surface area contributed by atoms with Gasteiger partial charge in [-0.25, -0.2) is 4.39 Å². The first-order valence-electron chi connectivity index (χ1n) is 6.11. The Morgan fingerprint density at radius 2 is 1.95 bits per heavy atom. The monoisotopic (exact) mass is 300 g/mol. The molecule has 2 amide bonds. The van der Waals surface area contributed by atoms with Gasteiger partial charge in [0.2, 0.25) is 5.91 Å². The lowest BCUT2D eigenvalue weighted by atomic mass is 10.1. The van der Waals surface area contributed by atoms with Gasteiger partial charge in [0, 0.05) is 17.6 Å². The number of benzene rings is 1. The summed E-state index contributed by atoms with van der Waals surface area (Å²) < 4.78 is 13.6. The Morgan fingerprint density at radius 1 is 1.35 bits per heavy atom. The highest BCUT2D eigenvalue weighted by Gasteiger charge is 2.20. The molecule has 0 atom stereocenters. The normalized spacial score (nSPS) is 11.1. The van der Waals surface area contributed by atoms with Gasteiger partial charge in [0.15, 0.2) is 0 Å². The van der Waals surface area contributed by atoms with Gasteiger partial charge in [0.25, 0.3) is 5.91 Å². The molecule has 0 aliphatic rings. The number of nitrogens with one attached hydrogen (secondary N) is 1. The SMILES string of the molecule is CN(CC(=O)NC(C)(C)C)C(=O)c1cc(Cl)ccc1F. The molecule has 1 aromatic rings. The van der Waals surface area contributed by atoms with Crippen molar-refractivity contribution in [3.8, 4) is 0 Å². The first-order valence-corrected chi connectivity index (χ1v) is 6.49. The van der Waals surface area contributed by atoms with E-state index in [0.29, 0.717) is 0 Å². The first-order chi connectivity index (χ1) is 9.10. The largest absolute Gasteiger partial charge is 0.350 e. The van der Waals surface area contributed by atoms with Gasteiger partial charge < -0.3 is 10.2 Å². The predicted octanol–water partition coefficient (Wildman–Crippen LogP) is 2.47. The number of halogens is 2. The first kappa shape index (κ1) is 16.4. The van der Waals surface area contributed by atoms with E-state index in [-0.39, 0.29) is 28.6 Å². The second kappa shape index (κ2) is 6.22. The quantitative estimate of drug-likeness (QED) is 0.932. The lowest BCUT2D eigenvalue weighted by molar-refractivity contribution is -0.122. The summed E-state index contributed by atoms with van der Waals surface area (Å²) in [5.74, 6) is -1.56. The molecule has 0 heterocycles. The van der Waals surface area contributed by atoms with E-state index in [2.05, 4.69) is 5.32 Å². The third-order valence-electron chi connectivity index (χ3n) is 2.40. The van der Waals surface area contributed by atoms with Crippen LogP contribution >= 0.6 is 11.6 Å². The van der Waals surface area contributed by atoms with Crippen molar-refractivity contribution in [1.82, 2.24) is 10.2 Å². The van der Waals surface area contributed by atoms with Gasteiger partial charge in [-0.15, -0.1) is 0 Å². The number of amides is 2. The van der Waals surface area contributed by atoms with Gasteiger partial charge in [0.05, 0.1) is 12.1 Å². The molecular formula is C14H18ClFN2O2. The van der Waals surface area contributed by atoms with Gasteiger partial charge in [0.1, 0.15) is 5.82 Å². The molecule has 0 aromatic heterocycles. The lowest BCUT2D eigenvalue weighted by Gasteiger charge is -2.23. The highest BCUT2D eigenvalue weighted by Crippen LogP contribution is 2.16. The predicted molar refractivity (Wildman–Crippen MR) is 76.3 cm³/mol. The third-order valence-corrected chi connectivity index (χ3v) is 2.64. The number of hydrogen-bond acceptors (Lipinski definition) is 2. The molecule has 0 bridgehead atoms. The van der Waals surface area contributed by atoms with Crippen molar-refractivity contribution in [1.29, 1.82) is 0 Å². The van der Waals surface area contributed by atoms with E-state index < -0.39 is 11.7 Å². The number of rotatable bonds is 3. The van der Waals surface area contributed by atoms with E-state index in [0.717, 1.165) is 11.0 Å². The smallest absolute Gasteiger partial charge is 0.257 e. The van der Waals surface area contributed by atoms with Crippen LogP contribution in [0.25, 0.3) is 0 Å². The summed E-state index contributed by atoms with van der Waals surface area (Å²) >= 11 is 5.74. The van der Waals surface area contributed by atoms with Crippen molar-refractivity contribution in [2.24, 2.45) is 0 Å². The lowest BCUT2D eigenvalue weighted by Crippen LogP contribution is -2.46. The molecule has 1 rings (SSSR count). The van der Waals surface area contributed by atoms with Gasteiger partial charge in [-0.1, -0.05) is 11.6 Å². The number of hydrogen-bond donors (Lipinski definition) is 1. The topological polar surface area (TPSA) is 49.4 Å². The van der Waals surface area contributed by atoms with Crippen molar-refractivity contribution >= 4 is 23.4 Å². The van der Waals surface area contributed by atoms with Crippen molar-refractivity contribution in [2.75, 3.05) is 13.6 Å².